The number of nitrogens with zero attached hydrogens (tertiary/aromatic N) is 1. The molecule has 0 unspecified atom stereocenters. The van der Waals surface area contributed by atoms with Gasteiger partial charge in [-0.05, 0) is 18.2 Å². The second-order valence-electron chi connectivity index (χ2n) is 3.04. The monoisotopic (exact) mass is 221 g/mol. The molecule has 0 radical (unpaired) electrons. The molecule has 76 valence electrons. The third-order valence-electron chi connectivity index (χ3n) is 1.98. The quantitative estimate of drug-likeness (QED) is 0.720. The molecule has 0 aliphatic carbocycles. The van der Waals surface area contributed by atoms with Crippen LogP contribution in [0.2, 0.25) is 5.02 Å². The van der Waals surface area contributed by atoms with Gasteiger partial charge in [0.05, 0.1) is 16.4 Å². The van der Waals surface area contributed by atoms with Gasteiger partial charge in [-0.1, -0.05) is 17.7 Å². The zero-order valence-electron chi connectivity index (χ0n) is 7.70. The van der Waals surface area contributed by atoms with Gasteiger partial charge in [0.1, 0.15) is 0 Å². The highest BCUT2D eigenvalue weighted by Gasteiger charge is 2.02. The number of nitrogens with two attached hydrogens (primary N) is 1. The second-order valence-corrected chi connectivity index (χ2v) is 3.45. The van der Waals surface area contributed by atoms with Crippen molar-refractivity contribution in [3.05, 3.63) is 45.7 Å². The van der Waals surface area contributed by atoms with Crippen molar-refractivity contribution >= 4 is 17.3 Å². The van der Waals surface area contributed by atoms with E-state index in [-0.39, 0.29) is 5.56 Å². The molecule has 15 heavy (non-hydrogen) atoms. The van der Waals surface area contributed by atoms with E-state index in [0.717, 1.165) is 5.56 Å². The molecule has 4 nitrogen and oxygen atoms in total. The standard InChI is InChI=1S/C10H8ClN3O/c11-7-5-6(1-2-8(7)12)9-3-4-10(15)14-13-9/h1-5H,12H2,(H,14,15). The summed E-state index contributed by atoms with van der Waals surface area (Å²) in [7, 11) is 0. The van der Waals surface area contributed by atoms with E-state index in [1.807, 2.05) is 0 Å². The van der Waals surface area contributed by atoms with Gasteiger partial charge in [0.25, 0.3) is 5.56 Å². The largest absolute Gasteiger partial charge is 0.398 e. The van der Waals surface area contributed by atoms with Gasteiger partial charge in [0.2, 0.25) is 0 Å². The van der Waals surface area contributed by atoms with Crippen molar-refractivity contribution in [2.75, 3.05) is 5.73 Å². The van der Waals surface area contributed by atoms with Gasteiger partial charge in [-0.15, -0.1) is 0 Å². The van der Waals surface area contributed by atoms with Crippen LogP contribution in [0.4, 0.5) is 5.69 Å². The molecular weight excluding hydrogens is 214 g/mol. The molecule has 1 aromatic carbocycles. The maximum absolute atomic E-state index is 10.8. The molecule has 0 atom stereocenters. The Balaban J connectivity index is 2.50. The summed E-state index contributed by atoms with van der Waals surface area (Å²) in [6.07, 6.45) is 0. The van der Waals surface area contributed by atoms with E-state index in [9.17, 15) is 4.79 Å². The lowest BCUT2D eigenvalue weighted by Gasteiger charge is -2.02. The zero-order chi connectivity index (χ0) is 10.8. The summed E-state index contributed by atoms with van der Waals surface area (Å²) < 4.78 is 0. The van der Waals surface area contributed by atoms with E-state index in [1.54, 1.807) is 24.3 Å². The van der Waals surface area contributed by atoms with Crippen molar-refractivity contribution < 1.29 is 0 Å². The first kappa shape index (κ1) is 9.73. The van der Waals surface area contributed by atoms with Gasteiger partial charge >= 0.3 is 0 Å². The summed E-state index contributed by atoms with van der Waals surface area (Å²) in [4.78, 5) is 10.8. The minimum atomic E-state index is -0.236. The van der Waals surface area contributed by atoms with Crippen LogP contribution in [0.3, 0.4) is 0 Å². The number of aromatic nitrogens is 2. The third kappa shape index (κ3) is 1.99. The highest BCUT2D eigenvalue weighted by molar-refractivity contribution is 6.33. The average Bonchev–Trinajstić information content (AvgIpc) is 2.23. The Labute approximate surface area is 90.7 Å². The molecule has 1 heterocycles. The van der Waals surface area contributed by atoms with E-state index < -0.39 is 0 Å². The first-order valence-electron chi connectivity index (χ1n) is 4.28. The normalized spacial score (nSPS) is 10.2. The first-order chi connectivity index (χ1) is 7.16. The smallest absolute Gasteiger partial charge is 0.264 e. The van der Waals surface area contributed by atoms with Crippen molar-refractivity contribution in [1.82, 2.24) is 10.2 Å². The predicted octanol–water partition coefficient (Wildman–Crippen LogP) is 1.67. The Bertz CT molecular complexity index is 530. The number of hydrogen-bond acceptors (Lipinski definition) is 3. The topological polar surface area (TPSA) is 71.8 Å². The Morgan fingerprint density at radius 2 is 2.07 bits per heavy atom. The van der Waals surface area contributed by atoms with Gasteiger partial charge in [0.15, 0.2) is 0 Å². The number of anilines is 1. The molecule has 5 heteroatoms. The minimum Gasteiger partial charge on any atom is -0.398 e. The molecule has 0 saturated carbocycles. The van der Waals surface area contributed by atoms with Crippen LogP contribution in [0.15, 0.2) is 35.1 Å². The Morgan fingerprint density at radius 3 is 2.67 bits per heavy atom. The summed E-state index contributed by atoms with van der Waals surface area (Å²) in [5, 5.41) is 6.71. The van der Waals surface area contributed by atoms with Crippen molar-refractivity contribution in [2.24, 2.45) is 0 Å². The van der Waals surface area contributed by atoms with Gasteiger partial charge in [0, 0.05) is 11.6 Å². The summed E-state index contributed by atoms with van der Waals surface area (Å²) >= 11 is 5.87. The van der Waals surface area contributed by atoms with Crippen LogP contribution >= 0.6 is 11.6 Å². The Morgan fingerprint density at radius 1 is 1.27 bits per heavy atom. The summed E-state index contributed by atoms with van der Waals surface area (Å²) in [6, 6.07) is 8.23. The van der Waals surface area contributed by atoms with Gasteiger partial charge < -0.3 is 5.73 Å². The molecule has 0 amide bonds. The summed E-state index contributed by atoms with van der Waals surface area (Å²) in [5.41, 5.74) is 7.32. The molecule has 0 spiro atoms. The fourth-order valence-electron chi connectivity index (χ4n) is 1.19. The van der Waals surface area contributed by atoms with Crippen LogP contribution in [0.5, 0.6) is 0 Å². The van der Waals surface area contributed by atoms with Gasteiger partial charge in [-0.3, -0.25) is 4.79 Å². The molecule has 0 saturated heterocycles. The molecule has 1 aromatic heterocycles. The SMILES string of the molecule is Nc1ccc(-c2ccc(=O)[nH]n2)cc1Cl. The van der Waals surface area contributed by atoms with Crippen molar-refractivity contribution in [3.8, 4) is 11.3 Å². The summed E-state index contributed by atoms with van der Waals surface area (Å²) in [5.74, 6) is 0. The third-order valence-corrected chi connectivity index (χ3v) is 2.30. The van der Waals surface area contributed by atoms with Crippen LogP contribution in [0.25, 0.3) is 11.3 Å². The first-order valence-corrected chi connectivity index (χ1v) is 4.66. The molecule has 2 aromatic rings. The molecule has 0 fully saturated rings. The Hall–Kier alpha value is -1.81. The van der Waals surface area contributed by atoms with Crippen LogP contribution in [-0.2, 0) is 0 Å². The van der Waals surface area contributed by atoms with E-state index in [1.165, 1.54) is 6.07 Å². The molecule has 2 rings (SSSR count). The number of nitrogens with one attached hydrogen (secondary N) is 1. The number of H-pyrrole nitrogens is 1. The molecule has 0 bridgehead atoms. The number of nitrogen functional groups attached to an aromatic ring is 1. The van der Waals surface area contributed by atoms with Gasteiger partial charge in [-0.25, -0.2) is 5.10 Å². The van der Waals surface area contributed by atoms with E-state index >= 15 is 0 Å². The minimum absolute atomic E-state index is 0.236. The number of aromatic amines is 1. The van der Waals surface area contributed by atoms with Crippen molar-refractivity contribution in [1.29, 1.82) is 0 Å². The fourth-order valence-corrected chi connectivity index (χ4v) is 1.37. The number of benzene rings is 1. The number of rotatable bonds is 1. The number of halogens is 1. The average molecular weight is 222 g/mol. The van der Waals surface area contributed by atoms with E-state index in [2.05, 4.69) is 10.2 Å². The van der Waals surface area contributed by atoms with E-state index in [4.69, 9.17) is 17.3 Å². The highest BCUT2D eigenvalue weighted by Crippen LogP contribution is 2.24. The van der Waals surface area contributed by atoms with Crippen molar-refractivity contribution in [2.45, 2.75) is 0 Å². The highest BCUT2D eigenvalue weighted by atomic mass is 35.5. The maximum Gasteiger partial charge on any atom is 0.264 e. The Kier molecular flexibility index (Phi) is 2.43. The van der Waals surface area contributed by atoms with Gasteiger partial charge in [-0.2, -0.15) is 5.10 Å². The predicted molar refractivity (Wildman–Crippen MR) is 59.7 cm³/mol. The van der Waals surface area contributed by atoms with E-state index in [0.29, 0.717) is 16.4 Å². The van der Waals surface area contributed by atoms with Crippen LogP contribution in [-0.4, -0.2) is 10.2 Å². The molecular formula is C10H8ClN3O. The lowest BCUT2D eigenvalue weighted by Crippen LogP contribution is -2.05. The molecule has 0 aliphatic rings. The maximum atomic E-state index is 10.8. The lowest BCUT2D eigenvalue weighted by atomic mass is 10.1. The van der Waals surface area contributed by atoms with Crippen LogP contribution in [0, 0.1) is 0 Å². The summed E-state index contributed by atoms with van der Waals surface area (Å²) in [6.45, 7) is 0. The van der Waals surface area contributed by atoms with Crippen molar-refractivity contribution in [3.63, 3.8) is 0 Å². The molecule has 0 aliphatic heterocycles. The molecule has 3 N–H and O–H groups in total. The fraction of sp³-hybridized carbons (Fsp3) is 0. The zero-order valence-corrected chi connectivity index (χ0v) is 8.45. The van der Waals surface area contributed by atoms with Crippen LogP contribution in [0.1, 0.15) is 0 Å². The van der Waals surface area contributed by atoms with Crippen LogP contribution < -0.4 is 11.3 Å². The lowest BCUT2D eigenvalue weighted by molar-refractivity contribution is 0.995. The number of hydrogen-bond donors (Lipinski definition) is 2. The second kappa shape index (κ2) is 3.74.